The maximum atomic E-state index is 12.0. The van der Waals surface area contributed by atoms with Crippen molar-refractivity contribution in [1.29, 1.82) is 0 Å². The molecule has 1 aliphatic carbocycles. The van der Waals surface area contributed by atoms with Crippen molar-refractivity contribution in [2.24, 2.45) is 0 Å². The van der Waals surface area contributed by atoms with Gasteiger partial charge in [-0.15, -0.1) is 0 Å². The molecule has 0 atom stereocenters. The van der Waals surface area contributed by atoms with Gasteiger partial charge in [-0.1, -0.05) is 41.6 Å². The lowest BCUT2D eigenvalue weighted by Crippen LogP contribution is -2.37. The summed E-state index contributed by atoms with van der Waals surface area (Å²) in [5.74, 6) is 0.740. The maximum Gasteiger partial charge on any atom is 0.258 e. The number of amides is 1. The molecule has 0 spiro atoms. The summed E-state index contributed by atoms with van der Waals surface area (Å²) in [6.07, 6.45) is 7.22. The van der Waals surface area contributed by atoms with Gasteiger partial charge >= 0.3 is 0 Å². The third-order valence-corrected chi connectivity index (χ3v) is 5.25. The van der Waals surface area contributed by atoms with Crippen LogP contribution in [-0.4, -0.2) is 18.6 Å². The Balaban J connectivity index is 1.83. The zero-order chi connectivity index (χ0) is 15.2. The summed E-state index contributed by atoms with van der Waals surface area (Å²) in [5, 5.41) is 3.10. The number of rotatable bonds is 4. The van der Waals surface area contributed by atoms with E-state index < -0.39 is 0 Å². The quantitative estimate of drug-likeness (QED) is 0.820. The predicted molar refractivity (Wildman–Crippen MR) is 88.7 cm³/mol. The fourth-order valence-corrected chi connectivity index (χ4v) is 3.06. The molecule has 1 aromatic rings. The summed E-state index contributed by atoms with van der Waals surface area (Å²) < 4.78 is 6.72. The third-order valence-electron chi connectivity index (χ3n) is 4.00. The van der Waals surface area contributed by atoms with Gasteiger partial charge in [0.2, 0.25) is 0 Å². The summed E-state index contributed by atoms with van der Waals surface area (Å²) in [4.78, 5) is 12.0. The molecule has 4 heteroatoms. The van der Waals surface area contributed by atoms with E-state index >= 15 is 0 Å². The molecule has 116 valence electrons. The van der Waals surface area contributed by atoms with E-state index in [1.165, 1.54) is 25.7 Å². The molecule has 2 rings (SSSR count). The zero-order valence-electron chi connectivity index (χ0n) is 12.9. The Morgan fingerprint density at radius 2 is 1.76 bits per heavy atom. The first kappa shape index (κ1) is 16.3. The summed E-state index contributed by atoms with van der Waals surface area (Å²) in [7, 11) is 0. The number of benzene rings is 1. The Morgan fingerprint density at radius 3 is 2.33 bits per heavy atom. The zero-order valence-corrected chi connectivity index (χ0v) is 14.5. The minimum atomic E-state index is -0.0138. The summed E-state index contributed by atoms with van der Waals surface area (Å²) in [5.41, 5.74) is 2.24. The average molecular weight is 354 g/mol. The summed E-state index contributed by atoms with van der Waals surface area (Å²) in [6, 6.07) is 4.24. The molecule has 0 saturated heterocycles. The number of carbonyl (C=O) groups excluding carboxylic acids is 1. The van der Waals surface area contributed by atoms with E-state index in [0.29, 0.717) is 6.04 Å². The van der Waals surface area contributed by atoms with Gasteiger partial charge in [-0.2, -0.15) is 0 Å². The number of carbonyl (C=O) groups is 1. The second-order valence-electron chi connectivity index (χ2n) is 5.92. The molecule has 1 aliphatic rings. The van der Waals surface area contributed by atoms with E-state index in [0.717, 1.165) is 34.2 Å². The van der Waals surface area contributed by atoms with E-state index in [2.05, 4.69) is 21.2 Å². The standard InChI is InChI=1S/C17H24BrNO2/c1-12-9-15(10-13(2)17(12)18)21-11-16(20)19-14-7-5-3-4-6-8-14/h9-10,14H,3-8,11H2,1-2H3,(H,19,20). The van der Waals surface area contributed by atoms with Crippen LogP contribution in [0.2, 0.25) is 0 Å². The molecular weight excluding hydrogens is 330 g/mol. The second-order valence-corrected chi connectivity index (χ2v) is 6.71. The molecule has 1 aromatic carbocycles. The predicted octanol–water partition coefficient (Wildman–Crippen LogP) is 4.28. The highest BCUT2D eigenvalue weighted by Gasteiger charge is 2.15. The molecule has 1 fully saturated rings. The normalized spacial score (nSPS) is 16.3. The van der Waals surface area contributed by atoms with Crippen LogP contribution in [0, 0.1) is 13.8 Å². The molecule has 1 N–H and O–H groups in total. The van der Waals surface area contributed by atoms with Gasteiger partial charge in [0.1, 0.15) is 5.75 Å². The first-order valence-electron chi connectivity index (χ1n) is 7.75. The number of hydrogen-bond donors (Lipinski definition) is 1. The van der Waals surface area contributed by atoms with E-state index in [-0.39, 0.29) is 12.5 Å². The van der Waals surface area contributed by atoms with Crippen molar-refractivity contribution in [1.82, 2.24) is 5.32 Å². The topological polar surface area (TPSA) is 38.3 Å². The molecule has 0 bridgehead atoms. The number of nitrogens with one attached hydrogen (secondary N) is 1. The largest absolute Gasteiger partial charge is 0.484 e. The third kappa shape index (κ3) is 5.03. The molecule has 0 heterocycles. The van der Waals surface area contributed by atoms with Gasteiger partial charge < -0.3 is 10.1 Å². The lowest BCUT2D eigenvalue weighted by molar-refractivity contribution is -0.123. The van der Waals surface area contributed by atoms with Crippen molar-refractivity contribution in [2.45, 2.75) is 58.4 Å². The van der Waals surface area contributed by atoms with Crippen molar-refractivity contribution in [2.75, 3.05) is 6.61 Å². The van der Waals surface area contributed by atoms with Gasteiger partial charge in [0.15, 0.2) is 6.61 Å². The van der Waals surface area contributed by atoms with E-state index in [4.69, 9.17) is 4.74 Å². The first-order valence-corrected chi connectivity index (χ1v) is 8.54. The van der Waals surface area contributed by atoms with Gasteiger partial charge in [0.25, 0.3) is 5.91 Å². The van der Waals surface area contributed by atoms with Crippen molar-refractivity contribution < 1.29 is 9.53 Å². The van der Waals surface area contributed by atoms with Crippen LogP contribution >= 0.6 is 15.9 Å². The summed E-state index contributed by atoms with van der Waals surface area (Å²) >= 11 is 3.53. The summed E-state index contributed by atoms with van der Waals surface area (Å²) in [6.45, 7) is 4.14. The van der Waals surface area contributed by atoms with Crippen molar-refractivity contribution in [3.8, 4) is 5.75 Å². The smallest absolute Gasteiger partial charge is 0.258 e. The Labute approximate surface area is 135 Å². The Morgan fingerprint density at radius 1 is 1.19 bits per heavy atom. The van der Waals surface area contributed by atoms with Crippen LogP contribution in [0.5, 0.6) is 5.75 Å². The van der Waals surface area contributed by atoms with Crippen LogP contribution in [0.25, 0.3) is 0 Å². The van der Waals surface area contributed by atoms with Crippen LogP contribution in [0.15, 0.2) is 16.6 Å². The first-order chi connectivity index (χ1) is 10.1. The van der Waals surface area contributed by atoms with Gasteiger partial charge in [0, 0.05) is 10.5 Å². The SMILES string of the molecule is Cc1cc(OCC(=O)NC2CCCCCC2)cc(C)c1Br. The average Bonchev–Trinajstić information content (AvgIpc) is 2.71. The van der Waals surface area contributed by atoms with Crippen LogP contribution < -0.4 is 10.1 Å². The van der Waals surface area contributed by atoms with Crippen molar-refractivity contribution in [3.05, 3.63) is 27.7 Å². The van der Waals surface area contributed by atoms with Crippen LogP contribution in [0.3, 0.4) is 0 Å². The Kier molecular flexibility index (Phi) is 6.09. The Hall–Kier alpha value is -1.03. The van der Waals surface area contributed by atoms with E-state index in [1.54, 1.807) is 0 Å². The molecule has 1 saturated carbocycles. The monoisotopic (exact) mass is 353 g/mol. The van der Waals surface area contributed by atoms with Crippen LogP contribution in [-0.2, 0) is 4.79 Å². The minimum Gasteiger partial charge on any atom is -0.484 e. The molecule has 0 aliphatic heterocycles. The highest BCUT2D eigenvalue weighted by Crippen LogP contribution is 2.26. The van der Waals surface area contributed by atoms with Crippen LogP contribution in [0.4, 0.5) is 0 Å². The number of halogens is 1. The lowest BCUT2D eigenvalue weighted by Gasteiger charge is -2.16. The highest BCUT2D eigenvalue weighted by molar-refractivity contribution is 9.10. The molecule has 1 amide bonds. The Bertz CT molecular complexity index is 471. The second kappa shape index (κ2) is 7.83. The van der Waals surface area contributed by atoms with Crippen molar-refractivity contribution in [3.63, 3.8) is 0 Å². The number of ether oxygens (including phenoxy) is 1. The van der Waals surface area contributed by atoms with Gasteiger partial charge in [-0.3, -0.25) is 4.79 Å². The van der Waals surface area contributed by atoms with Crippen molar-refractivity contribution >= 4 is 21.8 Å². The fourth-order valence-electron chi connectivity index (χ4n) is 2.83. The van der Waals surface area contributed by atoms with E-state index in [1.807, 2.05) is 26.0 Å². The van der Waals surface area contributed by atoms with Gasteiger partial charge in [-0.05, 0) is 49.9 Å². The molecular formula is C17H24BrNO2. The molecule has 0 radical (unpaired) electrons. The molecule has 0 aromatic heterocycles. The van der Waals surface area contributed by atoms with Gasteiger partial charge in [0.05, 0.1) is 0 Å². The van der Waals surface area contributed by atoms with Crippen LogP contribution in [0.1, 0.15) is 49.7 Å². The van der Waals surface area contributed by atoms with E-state index in [9.17, 15) is 4.79 Å². The minimum absolute atomic E-state index is 0.0138. The lowest BCUT2D eigenvalue weighted by atomic mass is 10.1. The molecule has 0 unspecified atom stereocenters. The highest BCUT2D eigenvalue weighted by atomic mass is 79.9. The number of aryl methyl sites for hydroxylation is 2. The number of hydrogen-bond acceptors (Lipinski definition) is 2. The fraction of sp³-hybridized carbons (Fsp3) is 0.588. The molecule has 3 nitrogen and oxygen atoms in total. The van der Waals surface area contributed by atoms with Gasteiger partial charge in [-0.25, -0.2) is 0 Å². The molecule has 21 heavy (non-hydrogen) atoms. The maximum absolute atomic E-state index is 12.0.